The third-order valence-corrected chi connectivity index (χ3v) is 5.62. The molecule has 6 heteroatoms. The van der Waals surface area contributed by atoms with Gasteiger partial charge in [0.1, 0.15) is 4.21 Å². The quantitative estimate of drug-likeness (QED) is 0.795. The molecule has 0 unspecified atom stereocenters. The van der Waals surface area contributed by atoms with E-state index in [9.17, 15) is 8.42 Å². The summed E-state index contributed by atoms with van der Waals surface area (Å²) in [6.45, 7) is 3.22. The van der Waals surface area contributed by atoms with Crippen LogP contribution in [0.25, 0.3) is 0 Å². The average molecular weight is 274 g/mol. The minimum absolute atomic E-state index is 0.415. The van der Waals surface area contributed by atoms with Crippen molar-refractivity contribution in [2.75, 3.05) is 6.54 Å². The van der Waals surface area contributed by atoms with E-state index in [0.717, 1.165) is 17.8 Å². The van der Waals surface area contributed by atoms with Crippen molar-refractivity contribution >= 4 is 21.4 Å². The van der Waals surface area contributed by atoms with E-state index in [2.05, 4.69) is 10.0 Å². The van der Waals surface area contributed by atoms with E-state index < -0.39 is 10.0 Å². The average Bonchev–Trinajstić information content (AvgIpc) is 3.00. The van der Waals surface area contributed by atoms with E-state index in [0.29, 0.717) is 16.8 Å². The minimum Gasteiger partial charge on any atom is -0.309 e. The second-order valence-corrected chi connectivity index (χ2v) is 7.44. The summed E-state index contributed by atoms with van der Waals surface area (Å²) in [6, 6.07) is 4.23. The first kappa shape index (κ1) is 13.0. The maximum Gasteiger partial charge on any atom is 0.250 e. The van der Waals surface area contributed by atoms with Gasteiger partial charge in [0.25, 0.3) is 0 Å². The number of hydrogen-bond acceptors (Lipinski definition) is 4. The third-order valence-electron chi connectivity index (χ3n) is 2.59. The molecule has 17 heavy (non-hydrogen) atoms. The van der Waals surface area contributed by atoms with Crippen molar-refractivity contribution in [2.45, 2.75) is 43.0 Å². The van der Waals surface area contributed by atoms with Crippen LogP contribution in [-0.2, 0) is 16.6 Å². The van der Waals surface area contributed by atoms with Crippen LogP contribution >= 0.6 is 11.3 Å². The smallest absolute Gasteiger partial charge is 0.250 e. The van der Waals surface area contributed by atoms with E-state index in [1.54, 1.807) is 6.07 Å². The van der Waals surface area contributed by atoms with Gasteiger partial charge in [-0.2, -0.15) is 0 Å². The lowest BCUT2D eigenvalue weighted by atomic mass is 10.4. The zero-order chi connectivity index (χ0) is 12.3. The van der Waals surface area contributed by atoms with Crippen LogP contribution in [0.2, 0.25) is 0 Å². The van der Waals surface area contributed by atoms with Gasteiger partial charge in [-0.15, -0.1) is 11.3 Å². The molecular formula is C11H18N2O2S2. The minimum atomic E-state index is -3.28. The fourth-order valence-electron chi connectivity index (χ4n) is 1.44. The number of nitrogens with one attached hydrogen (secondary N) is 2. The highest BCUT2D eigenvalue weighted by Gasteiger charge is 2.21. The van der Waals surface area contributed by atoms with Crippen molar-refractivity contribution in [1.82, 2.24) is 10.0 Å². The van der Waals surface area contributed by atoms with E-state index in [4.69, 9.17) is 0 Å². The standard InChI is InChI=1S/C11H18N2O2S2/c1-2-7-13-17(14,15)11-6-5-10(16-11)8-12-9-3-4-9/h5-6,9,12-13H,2-4,7-8H2,1H3. The first-order chi connectivity index (χ1) is 8.12. The molecule has 1 fully saturated rings. The van der Waals surface area contributed by atoms with Gasteiger partial charge >= 0.3 is 0 Å². The normalized spacial score (nSPS) is 16.3. The Morgan fingerprint density at radius 3 is 2.82 bits per heavy atom. The molecule has 1 aliphatic rings. The molecule has 2 N–H and O–H groups in total. The topological polar surface area (TPSA) is 58.2 Å². The molecule has 1 aliphatic carbocycles. The molecule has 0 saturated heterocycles. The summed E-state index contributed by atoms with van der Waals surface area (Å²) < 4.78 is 26.7. The number of sulfonamides is 1. The summed E-state index contributed by atoms with van der Waals surface area (Å²) in [5.41, 5.74) is 0. The van der Waals surface area contributed by atoms with Crippen molar-refractivity contribution < 1.29 is 8.42 Å². The van der Waals surface area contributed by atoms with Crippen molar-refractivity contribution in [2.24, 2.45) is 0 Å². The van der Waals surface area contributed by atoms with Crippen LogP contribution in [0.5, 0.6) is 0 Å². The molecule has 0 atom stereocenters. The molecule has 1 heterocycles. The molecule has 4 nitrogen and oxygen atoms in total. The van der Waals surface area contributed by atoms with Gasteiger partial charge in [-0.05, 0) is 31.4 Å². The summed E-state index contributed by atoms with van der Waals surface area (Å²) in [6.07, 6.45) is 3.30. The Morgan fingerprint density at radius 2 is 2.18 bits per heavy atom. The van der Waals surface area contributed by atoms with E-state index in [-0.39, 0.29) is 0 Å². The van der Waals surface area contributed by atoms with Crippen LogP contribution in [0.1, 0.15) is 31.1 Å². The number of rotatable bonds is 7. The molecule has 0 aliphatic heterocycles. The molecule has 1 aromatic heterocycles. The second-order valence-electron chi connectivity index (χ2n) is 4.27. The van der Waals surface area contributed by atoms with E-state index in [1.165, 1.54) is 24.2 Å². The Kier molecular flexibility index (Phi) is 4.19. The SMILES string of the molecule is CCCNS(=O)(=O)c1ccc(CNC2CC2)s1. The predicted molar refractivity (Wildman–Crippen MR) is 69.7 cm³/mol. The van der Waals surface area contributed by atoms with Crippen molar-refractivity contribution in [1.29, 1.82) is 0 Å². The van der Waals surface area contributed by atoms with Gasteiger partial charge in [0.05, 0.1) is 0 Å². The Morgan fingerprint density at radius 1 is 1.41 bits per heavy atom. The molecule has 0 radical (unpaired) electrons. The number of hydrogen-bond donors (Lipinski definition) is 2. The van der Waals surface area contributed by atoms with Crippen molar-refractivity contribution in [3.63, 3.8) is 0 Å². The molecular weight excluding hydrogens is 256 g/mol. The van der Waals surface area contributed by atoms with Crippen LogP contribution in [0.3, 0.4) is 0 Å². The summed E-state index contributed by atoms with van der Waals surface area (Å²) in [7, 11) is -3.28. The fraction of sp³-hybridized carbons (Fsp3) is 0.636. The van der Waals surface area contributed by atoms with Gasteiger partial charge in [0.2, 0.25) is 10.0 Å². The molecule has 96 valence electrons. The van der Waals surface area contributed by atoms with Crippen LogP contribution in [0, 0.1) is 0 Å². The fourth-order valence-corrected chi connectivity index (χ4v) is 3.92. The lowest BCUT2D eigenvalue weighted by molar-refractivity contribution is 0.583. The third kappa shape index (κ3) is 3.77. The van der Waals surface area contributed by atoms with Gasteiger partial charge in [0.15, 0.2) is 0 Å². The highest BCUT2D eigenvalue weighted by atomic mass is 32.2. The van der Waals surface area contributed by atoms with Gasteiger partial charge in [0, 0.05) is 24.0 Å². The van der Waals surface area contributed by atoms with E-state index >= 15 is 0 Å². The molecule has 0 bridgehead atoms. The van der Waals surface area contributed by atoms with Crippen LogP contribution in [-0.4, -0.2) is 21.0 Å². The lowest BCUT2D eigenvalue weighted by Gasteiger charge is -2.02. The first-order valence-corrected chi connectivity index (χ1v) is 8.23. The maximum atomic E-state index is 11.8. The number of thiophene rings is 1. The molecule has 0 amide bonds. The van der Waals surface area contributed by atoms with E-state index in [1.807, 2.05) is 13.0 Å². The Labute approximate surface area is 106 Å². The zero-order valence-electron chi connectivity index (χ0n) is 9.90. The Hall–Kier alpha value is -0.430. The first-order valence-electron chi connectivity index (χ1n) is 5.93. The zero-order valence-corrected chi connectivity index (χ0v) is 11.5. The lowest BCUT2D eigenvalue weighted by Crippen LogP contribution is -2.23. The summed E-state index contributed by atoms with van der Waals surface area (Å²) in [5, 5.41) is 3.38. The highest BCUT2D eigenvalue weighted by molar-refractivity contribution is 7.91. The van der Waals surface area contributed by atoms with Gasteiger partial charge in [-0.3, -0.25) is 0 Å². The molecule has 1 aromatic rings. The predicted octanol–water partition coefficient (Wildman–Crippen LogP) is 1.69. The summed E-state index contributed by atoms with van der Waals surface area (Å²) in [5.74, 6) is 0. The Bertz CT molecular complexity index is 464. The second kappa shape index (κ2) is 5.48. The Balaban J connectivity index is 1.95. The van der Waals surface area contributed by atoms with Crippen LogP contribution in [0.4, 0.5) is 0 Å². The monoisotopic (exact) mass is 274 g/mol. The van der Waals surface area contributed by atoms with Crippen LogP contribution in [0.15, 0.2) is 16.3 Å². The van der Waals surface area contributed by atoms with Crippen molar-refractivity contribution in [3.05, 3.63) is 17.0 Å². The maximum absolute atomic E-state index is 11.8. The molecule has 2 rings (SSSR count). The summed E-state index contributed by atoms with van der Waals surface area (Å²) >= 11 is 1.35. The summed E-state index contributed by atoms with van der Waals surface area (Å²) in [4.78, 5) is 1.08. The van der Waals surface area contributed by atoms with Gasteiger partial charge < -0.3 is 5.32 Å². The van der Waals surface area contributed by atoms with Crippen molar-refractivity contribution in [3.8, 4) is 0 Å². The largest absolute Gasteiger partial charge is 0.309 e. The van der Waals surface area contributed by atoms with Gasteiger partial charge in [-0.1, -0.05) is 6.92 Å². The van der Waals surface area contributed by atoms with Crippen LogP contribution < -0.4 is 10.0 Å². The van der Waals surface area contributed by atoms with Gasteiger partial charge in [-0.25, -0.2) is 13.1 Å². The highest BCUT2D eigenvalue weighted by Crippen LogP contribution is 2.24. The molecule has 1 saturated carbocycles. The molecule has 0 aromatic carbocycles. The molecule has 0 spiro atoms.